The van der Waals surface area contributed by atoms with Gasteiger partial charge in [0.1, 0.15) is 11.4 Å². The molecule has 3 unspecified atom stereocenters. The Bertz CT molecular complexity index is 1110. The second-order valence-electron chi connectivity index (χ2n) is 8.93. The highest BCUT2D eigenvalue weighted by atomic mass is 31.0. The topological polar surface area (TPSA) is 23.5 Å². The molecule has 2 nitrogen and oxygen atoms in total. The van der Waals surface area contributed by atoms with E-state index in [9.17, 15) is 9.50 Å². The minimum absolute atomic E-state index is 0.00171. The Hall–Kier alpha value is -2.84. The van der Waals surface area contributed by atoms with E-state index in [2.05, 4.69) is 45.3 Å². The first-order valence-electron chi connectivity index (χ1n) is 11.6. The van der Waals surface area contributed by atoms with Gasteiger partial charge >= 0.3 is 0 Å². The number of hydrogen-bond donors (Lipinski definition) is 1. The molecule has 0 aromatic heterocycles. The molecule has 1 N–H and O–H groups in total. The predicted molar refractivity (Wildman–Crippen MR) is 141 cm³/mol. The molecule has 174 valence electrons. The van der Waals surface area contributed by atoms with Crippen molar-refractivity contribution < 1.29 is 9.50 Å². The minimum atomic E-state index is -1.33. The molecule has 0 radical (unpaired) electrons. The van der Waals surface area contributed by atoms with Crippen LogP contribution in [0.5, 0.6) is 0 Å². The van der Waals surface area contributed by atoms with Gasteiger partial charge in [-0.1, -0.05) is 91.0 Å². The smallest absolute Gasteiger partial charge is 0.123 e. The van der Waals surface area contributed by atoms with E-state index < -0.39 is 5.60 Å². The fourth-order valence-electron chi connectivity index (χ4n) is 4.50. The van der Waals surface area contributed by atoms with E-state index in [1.165, 1.54) is 23.3 Å². The van der Waals surface area contributed by atoms with Gasteiger partial charge in [-0.25, -0.2) is 4.39 Å². The van der Waals surface area contributed by atoms with Gasteiger partial charge in [-0.05, 0) is 59.1 Å². The molecule has 4 aromatic carbocycles. The maximum Gasteiger partial charge on any atom is 0.123 e. The van der Waals surface area contributed by atoms with Crippen molar-refractivity contribution in [3.05, 3.63) is 137 Å². The molecule has 0 bridgehead atoms. The van der Waals surface area contributed by atoms with Crippen molar-refractivity contribution in [1.82, 2.24) is 4.90 Å². The first-order chi connectivity index (χ1) is 16.4. The van der Waals surface area contributed by atoms with Crippen molar-refractivity contribution in [3.63, 3.8) is 0 Å². The zero-order chi connectivity index (χ0) is 24.0. The lowest BCUT2D eigenvalue weighted by Crippen LogP contribution is -2.40. The van der Waals surface area contributed by atoms with Gasteiger partial charge in [-0.2, -0.15) is 0 Å². The van der Waals surface area contributed by atoms with Gasteiger partial charge < -0.3 is 5.11 Å². The average molecular weight is 472 g/mol. The molecule has 0 amide bonds. The molecular weight excluding hydrogens is 440 g/mol. The zero-order valence-corrected chi connectivity index (χ0v) is 20.6. The third kappa shape index (κ3) is 5.98. The normalized spacial score (nSPS) is 14.0. The van der Waals surface area contributed by atoms with Crippen LogP contribution in [-0.2, 0) is 18.7 Å². The lowest BCUT2D eigenvalue weighted by Gasteiger charge is -2.37. The SMILES string of the molecule is CC(CC(O)(c1cccc(F)c1)c1cccc(P)c1)N(Cc1ccccc1)Cc1ccccc1. The van der Waals surface area contributed by atoms with Gasteiger partial charge in [0.25, 0.3) is 0 Å². The second-order valence-corrected chi connectivity index (χ2v) is 9.59. The van der Waals surface area contributed by atoms with Crippen LogP contribution in [0, 0.1) is 5.82 Å². The van der Waals surface area contributed by atoms with E-state index in [1.807, 2.05) is 66.7 Å². The maximum absolute atomic E-state index is 14.2. The van der Waals surface area contributed by atoms with Crippen LogP contribution in [0.3, 0.4) is 0 Å². The number of nitrogens with zero attached hydrogens (tertiary/aromatic N) is 1. The zero-order valence-electron chi connectivity index (χ0n) is 19.4. The maximum atomic E-state index is 14.2. The first-order valence-corrected chi connectivity index (χ1v) is 12.2. The summed E-state index contributed by atoms with van der Waals surface area (Å²) < 4.78 is 14.2. The van der Waals surface area contributed by atoms with Crippen LogP contribution in [0.25, 0.3) is 0 Å². The van der Waals surface area contributed by atoms with Crippen LogP contribution >= 0.6 is 9.24 Å². The van der Waals surface area contributed by atoms with Crippen LogP contribution in [0.1, 0.15) is 35.6 Å². The molecule has 0 aliphatic rings. The van der Waals surface area contributed by atoms with E-state index in [1.54, 1.807) is 6.07 Å². The van der Waals surface area contributed by atoms with E-state index in [-0.39, 0.29) is 11.9 Å². The highest BCUT2D eigenvalue weighted by Crippen LogP contribution is 2.36. The van der Waals surface area contributed by atoms with Crippen molar-refractivity contribution in [2.45, 2.75) is 38.1 Å². The summed E-state index contributed by atoms with van der Waals surface area (Å²) in [5, 5.41) is 13.1. The third-order valence-electron chi connectivity index (χ3n) is 6.34. The Morgan fingerprint density at radius 3 is 1.82 bits per heavy atom. The molecular formula is C30H31FNOP. The van der Waals surface area contributed by atoms with Crippen molar-refractivity contribution in [2.75, 3.05) is 0 Å². The van der Waals surface area contributed by atoms with Crippen LogP contribution in [0.4, 0.5) is 4.39 Å². The number of hydrogen-bond acceptors (Lipinski definition) is 2. The molecule has 0 heterocycles. The number of halogens is 1. The Morgan fingerprint density at radius 2 is 1.29 bits per heavy atom. The molecule has 4 aromatic rings. The van der Waals surface area contributed by atoms with Gasteiger partial charge in [0.15, 0.2) is 0 Å². The molecule has 0 saturated heterocycles. The standard InChI is InChI=1S/C30H31FNOP/c1-23(32(21-24-10-4-2-5-11-24)22-25-12-6-3-7-13-25)20-30(33,26-14-8-16-28(31)18-26)27-15-9-17-29(34)19-27/h2-19,23,33H,20-22,34H2,1H3. The molecule has 0 saturated carbocycles. The molecule has 34 heavy (non-hydrogen) atoms. The fourth-order valence-corrected chi connectivity index (χ4v) is 4.79. The molecule has 4 rings (SSSR count). The summed E-state index contributed by atoms with van der Waals surface area (Å²) in [5.74, 6) is -0.351. The van der Waals surface area contributed by atoms with Gasteiger partial charge in [-0.3, -0.25) is 4.90 Å². The van der Waals surface area contributed by atoms with Crippen LogP contribution in [-0.4, -0.2) is 16.0 Å². The summed E-state index contributed by atoms with van der Waals surface area (Å²) >= 11 is 0. The van der Waals surface area contributed by atoms with Gasteiger partial charge in [0, 0.05) is 19.1 Å². The van der Waals surface area contributed by atoms with Crippen molar-refractivity contribution in [1.29, 1.82) is 0 Å². The Morgan fingerprint density at radius 1 is 0.765 bits per heavy atom. The molecule has 4 heteroatoms. The average Bonchev–Trinajstić information content (AvgIpc) is 2.85. The molecule has 0 aliphatic heterocycles. The molecule has 3 atom stereocenters. The summed E-state index contributed by atoms with van der Waals surface area (Å²) in [7, 11) is 2.69. The Labute approximate surface area is 204 Å². The first kappa shape index (κ1) is 24.3. The number of aliphatic hydroxyl groups is 1. The highest BCUT2D eigenvalue weighted by molar-refractivity contribution is 7.27. The van der Waals surface area contributed by atoms with Crippen LogP contribution in [0.2, 0.25) is 0 Å². The van der Waals surface area contributed by atoms with Gasteiger partial charge in [0.05, 0.1) is 0 Å². The summed E-state index contributed by atoms with van der Waals surface area (Å²) in [6, 6.07) is 34.9. The number of benzene rings is 4. The van der Waals surface area contributed by atoms with Crippen molar-refractivity contribution in [2.24, 2.45) is 0 Å². The monoisotopic (exact) mass is 471 g/mol. The summed E-state index contributed by atoms with van der Waals surface area (Å²) in [6.07, 6.45) is 0.421. The fraction of sp³-hybridized carbons (Fsp3) is 0.200. The highest BCUT2D eigenvalue weighted by Gasteiger charge is 2.35. The summed E-state index contributed by atoms with van der Waals surface area (Å²) in [5.41, 5.74) is 2.42. The molecule has 0 spiro atoms. The minimum Gasteiger partial charge on any atom is -0.380 e. The third-order valence-corrected chi connectivity index (χ3v) is 6.70. The van der Waals surface area contributed by atoms with Crippen molar-refractivity contribution in [3.8, 4) is 0 Å². The van der Waals surface area contributed by atoms with Crippen LogP contribution in [0.15, 0.2) is 109 Å². The van der Waals surface area contributed by atoms with Crippen molar-refractivity contribution >= 4 is 14.5 Å². The second kappa shape index (κ2) is 11.1. The number of rotatable bonds is 9. The lowest BCUT2D eigenvalue weighted by atomic mass is 9.81. The lowest BCUT2D eigenvalue weighted by molar-refractivity contribution is 0.0323. The largest absolute Gasteiger partial charge is 0.380 e. The van der Waals surface area contributed by atoms with E-state index in [0.29, 0.717) is 12.0 Å². The Kier molecular flexibility index (Phi) is 7.90. The van der Waals surface area contributed by atoms with E-state index in [4.69, 9.17) is 0 Å². The van der Waals surface area contributed by atoms with Gasteiger partial charge in [-0.15, -0.1) is 9.24 Å². The Balaban J connectivity index is 1.69. The molecule has 0 aliphatic carbocycles. The van der Waals surface area contributed by atoms with E-state index in [0.717, 1.165) is 24.0 Å². The summed E-state index contributed by atoms with van der Waals surface area (Å²) in [4.78, 5) is 2.37. The molecule has 0 fully saturated rings. The summed E-state index contributed by atoms with van der Waals surface area (Å²) in [6.45, 7) is 3.64. The van der Waals surface area contributed by atoms with Gasteiger partial charge in [0.2, 0.25) is 0 Å². The van der Waals surface area contributed by atoms with Crippen LogP contribution < -0.4 is 5.30 Å². The predicted octanol–water partition coefficient (Wildman–Crippen LogP) is 6.04. The quantitative estimate of drug-likeness (QED) is 0.301. The van der Waals surface area contributed by atoms with E-state index >= 15 is 0 Å².